The summed E-state index contributed by atoms with van der Waals surface area (Å²) in [6.07, 6.45) is 1.57. The Labute approximate surface area is 234 Å². The fourth-order valence-electron chi connectivity index (χ4n) is 4.19. The van der Waals surface area contributed by atoms with Crippen molar-refractivity contribution in [3.8, 4) is 17.1 Å². The lowest BCUT2D eigenvalue weighted by atomic mass is 10.0. The number of nitrogens with zero attached hydrogens (tertiary/aromatic N) is 4. The van der Waals surface area contributed by atoms with Crippen molar-refractivity contribution in [3.05, 3.63) is 91.4 Å². The van der Waals surface area contributed by atoms with Gasteiger partial charge in [-0.05, 0) is 55.2 Å². The third-order valence-electron chi connectivity index (χ3n) is 6.10. The van der Waals surface area contributed by atoms with Crippen LogP contribution in [-0.4, -0.2) is 31.3 Å². The molecule has 0 aliphatic heterocycles. The first kappa shape index (κ1) is 27.6. The van der Waals surface area contributed by atoms with Gasteiger partial charge in [0.25, 0.3) is 5.69 Å². The highest BCUT2D eigenvalue weighted by Gasteiger charge is 2.23. The number of nitro groups is 1. The van der Waals surface area contributed by atoms with Gasteiger partial charge in [-0.25, -0.2) is 0 Å². The molecule has 196 valence electrons. The number of hydrogen-bond donors (Lipinski definition) is 1. The Bertz CT molecular complexity index is 1500. The van der Waals surface area contributed by atoms with E-state index in [4.69, 9.17) is 23.2 Å². The van der Waals surface area contributed by atoms with Gasteiger partial charge in [-0.2, -0.15) is 0 Å². The molecule has 38 heavy (non-hydrogen) atoms. The average Bonchev–Trinajstić information content (AvgIpc) is 3.31. The number of aromatic nitrogens is 3. The minimum atomic E-state index is -0.470. The molecule has 4 rings (SSSR count). The molecule has 1 heterocycles. The van der Waals surface area contributed by atoms with Crippen molar-refractivity contribution in [1.29, 1.82) is 0 Å². The van der Waals surface area contributed by atoms with E-state index in [0.717, 1.165) is 29.7 Å². The van der Waals surface area contributed by atoms with Crippen molar-refractivity contribution in [3.63, 3.8) is 0 Å². The number of carbonyl (C=O) groups excluding carboxylic acids is 1. The molecule has 0 radical (unpaired) electrons. The zero-order chi connectivity index (χ0) is 27.4. The molecule has 0 bridgehead atoms. The molecule has 4 aromatic rings. The molecule has 0 saturated heterocycles. The maximum Gasteiger partial charge on any atom is 0.274 e. The molecule has 0 fully saturated rings. The molecule has 1 N–H and O–H groups in total. The smallest absolute Gasteiger partial charge is 0.274 e. The zero-order valence-electron chi connectivity index (χ0n) is 21.0. The number of thioether (sulfide) groups is 1. The van der Waals surface area contributed by atoms with Gasteiger partial charge in [0.15, 0.2) is 11.0 Å². The number of aryl methyl sites for hydroxylation is 2. The van der Waals surface area contributed by atoms with E-state index in [0.29, 0.717) is 37.8 Å². The lowest BCUT2D eigenvalue weighted by Crippen LogP contribution is -2.16. The Balaban J connectivity index is 1.72. The highest BCUT2D eigenvalue weighted by molar-refractivity contribution is 7.99. The topological polar surface area (TPSA) is 103 Å². The van der Waals surface area contributed by atoms with Gasteiger partial charge in [-0.15, -0.1) is 10.2 Å². The summed E-state index contributed by atoms with van der Waals surface area (Å²) in [5.74, 6) is 0.239. The lowest BCUT2D eigenvalue weighted by molar-refractivity contribution is -0.385. The molecule has 0 aliphatic rings. The van der Waals surface area contributed by atoms with E-state index in [9.17, 15) is 14.9 Å². The van der Waals surface area contributed by atoms with Gasteiger partial charge >= 0.3 is 0 Å². The predicted molar refractivity (Wildman–Crippen MR) is 153 cm³/mol. The second-order valence-corrected chi connectivity index (χ2v) is 10.2. The number of benzene rings is 3. The number of nitrogens with one attached hydrogen (secondary N) is 1. The van der Waals surface area contributed by atoms with Crippen LogP contribution in [0.2, 0.25) is 10.0 Å². The van der Waals surface area contributed by atoms with E-state index in [-0.39, 0.29) is 17.3 Å². The Morgan fingerprint density at radius 3 is 2.37 bits per heavy atom. The summed E-state index contributed by atoms with van der Waals surface area (Å²) < 4.78 is 1.95. The van der Waals surface area contributed by atoms with Gasteiger partial charge in [-0.1, -0.05) is 73.1 Å². The number of anilines is 1. The van der Waals surface area contributed by atoms with Crippen molar-refractivity contribution in [2.75, 3.05) is 11.1 Å². The Morgan fingerprint density at radius 2 is 1.74 bits per heavy atom. The van der Waals surface area contributed by atoms with E-state index in [2.05, 4.69) is 41.5 Å². The van der Waals surface area contributed by atoms with Gasteiger partial charge in [0.1, 0.15) is 0 Å². The average molecular weight is 571 g/mol. The van der Waals surface area contributed by atoms with E-state index >= 15 is 0 Å². The van der Waals surface area contributed by atoms with E-state index in [1.165, 1.54) is 17.8 Å². The molecule has 0 atom stereocenters. The summed E-state index contributed by atoms with van der Waals surface area (Å²) >= 11 is 13.9. The molecule has 1 aromatic heterocycles. The summed E-state index contributed by atoms with van der Waals surface area (Å²) in [6, 6.07) is 15.9. The number of amides is 1. The van der Waals surface area contributed by atoms with Gasteiger partial charge < -0.3 is 5.32 Å². The first-order valence-corrected chi connectivity index (χ1v) is 13.7. The number of halogens is 2. The molecule has 11 heteroatoms. The first-order chi connectivity index (χ1) is 18.2. The fourth-order valence-corrected chi connectivity index (χ4v) is 5.42. The third kappa shape index (κ3) is 5.70. The van der Waals surface area contributed by atoms with Crippen LogP contribution in [0.4, 0.5) is 11.4 Å². The van der Waals surface area contributed by atoms with Crippen LogP contribution >= 0.6 is 35.0 Å². The maximum atomic E-state index is 12.9. The van der Waals surface area contributed by atoms with Crippen molar-refractivity contribution < 1.29 is 9.72 Å². The number of carbonyl (C=O) groups is 1. The number of nitro benzene ring substituents is 1. The summed E-state index contributed by atoms with van der Waals surface area (Å²) in [7, 11) is 0. The molecule has 1 amide bonds. The van der Waals surface area contributed by atoms with E-state index < -0.39 is 4.92 Å². The van der Waals surface area contributed by atoms with Gasteiger partial charge in [0, 0.05) is 16.7 Å². The SMILES string of the molecule is CCc1cccc(CC)c1-n1c(SCC(=O)Nc2cccc([N+](=O)[O-])c2C)nnc1-c1ccc(Cl)cc1Cl. The minimum Gasteiger partial charge on any atom is -0.325 e. The van der Waals surface area contributed by atoms with E-state index in [1.807, 2.05) is 10.6 Å². The van der Waals surface area contributed by atoms with Crippen molar-refractivity contribution in [2.24, 2.45) is 0 Å². The van der Waals surface area contributed by atoms with Crippen LogP contribution in [0.5, 0.6) is 0 Å². The lowest BCUT2D eigenvalue weighted by Gasteiger charge is -2.18. The standard InChI is InChI=1S/C27H25Cl2N5O3S/c1-4-17-8-6-9-18(5-2)25(17)33-26(20-13-12-19(28)14-21(20)29)31-32-27(33)38-15-24(35)30-22-10-7-11-23(16(22)3)34(36)37/h6-14H,4-5,15H2,1-3H3,(H,30,35). The molecule has 0 unspecified atom stereocenters. The predicted octanol–water partition coefficient (Wildman–Crippen LogP) is 7.31. The summed E-state index contributed by atoms with van der Waals surface area (Å²) in [5.41, 5.74) is 4.57. The van der Waals surface area contributed by atoms with Crippen LogP contribution in [0.3, 0.4) is 0 Å². The van der Waals surface area contributed by atoms with Crippen LogP contribution in [-0.2, 0) is 17.6 Å². The Kier molecular flexibility index (Phi) is 8.71. The zero-order valence-corrected chi connectivity index (χ0v) is 23.3. The number of hydrogen-bond acceptors (Lipinski definition) is 6. The molecule has 0 spiro atoms. The summed E-state index contributed by atoms with van der Waals surface area (Å²) in [5, 5.41) is 24.4. The maximum absolute atomic E-state index is 12.9. The van der Waals surface area contributed by atoms with Gasteiger partial charge in [0.05, 0.1) is 32.6 Å². The van der Waals surface area contributed by atoms with Crippen LogP contribution < -0.4 is 5.32 Å². The van der Waals surface area contributed by atoms with Gasteiger partial charge in [-0.3, -0.25) is 19.5 Å². The molecular formula is C27H25Cl2N5O3S. The minimum absolute atomic E-state index is 0.0182. The molecule has 0 aliphatic carbocycles. The molecule has 0 saturated carbocycles. The molecule has 8 nitrogen and oxygen atoms in total. The fraction of sp³-hybridized carbons (Fsp3) is 0.222. The van der Waals surface area contributed by atoms with Crippen LogP contribution in [0.1, 0.15) is 30.5 Å². The van der Waals surface area contributed by atoms with Crippen LogP contribution in [0.15, 0.2) is 59.8 Å². The van der Waals surface area contributed by atoms with E-state index in [1.54, 1.807) is 37.3 Å². The van der Waals surface area contributed by atoms with Gasteiger partial charge in [0.2, 0.25) is 5.91 Å². The monoisotopic (exact) mass is 569 g/mol. The summed E-state index contributed by atoms with van der Waals surface area (Å²) in [6.45, 7) is 5.77. The first-order valence-electron chi connectivity index (χ1n) is 11.9. The highest BCUT2D eigenvalue weighted by Crippen LogP contribution is 2.36. The normalized spacial score (nSPS) is 11.0. The van der Waals surface area contributed by atoms with Crippen molar-refractivity contribution in [1.82, 2.24) is 14.8 Å². The third-order valence-corrected chi connectivity index (χ3v) is 7.58. The summed E-state index contributed by atoms with van der Waals surface area (Å²) in [4.78, 5) is 23.7. The molecule has 3 aromatic carbocycles. The molecular weight excluding hydrogens is 545 g/mol. The van der Waals surface area contributed by atoms with Crippen LogP contribution in [0.25, 0.3) is 17.1 Å². The Hall–Kier alpha value is -3.40. The Morgan fingerprint density at radius 1 is 1.05 bits per heavy atom. The number of rotatable bonds is 9. The largest absolute Gasteiger partial charge is 0.325 e. The quantitative estimate of drug-likeness (QED) is 0.129. The number of para-hydroxylation sites is 1. The van der Waals surface area contributed by atoms with Crippen LogP contribution in [0, 0.1) is 17.0 Å². The van der Waals surface area contributed by atoms with Crippen molar-refractivity contribution >= 4 is 52.2 Å². The highest BCUT2D eigenvalue weighted by atomic mass is 35.5. The second kappa shape index (κ2) is 12.0. The van der Waals surface area contributed by atoms with Crippen molar-refractivity contribution in [2.45, 2.75) is 38.8 Å². The second-order valence-electron chi connectivity index (χ2n) is 8.44.